The van der Waals surface area contributed by atoms with Crippen LogP contribution in [0.25, 0.3) is 0 Å². The van der Waals surface area contributed by atoms with Gasteiger partial charge in [-0.2, -0.15) is 5.26 Å². The van der Waals surface area contributed by atoms with Gasteiger partial charge in [-0.05, 0) is 41.7 Å². The molecule has 0 saturated heterocycles. The van der Waals surface area contributed by atoms with Crippen molar-refractivity contribution in [2.24, 2.45) is 5.92 Å². The maximum absolute atomic E-state index is 9.09. The molecule has 21 heavy (non-hydrogen) atoms. The van der Waals surface area contributed by atoms with Crippen molar-refractivity contribution in [3.63, 3.8) is 0 Å². The summed E-state index contributed by atoms with van der Waals surface area (Å²) in [4.78, 5) is 0. The average Bonchev–Trinajstić information content (AvgIpc) is 2.46. The number of benzene rings is 2. The SMILES string of the molecule is CC(C)Cc1ccc(CNc2cc(Cl)ccc2C#N)cc1. The molecule has 0 aliphatic rings. The van der Waals surface area contributed by atoms with Crippen molar-refractivity contribution >= 4 is 17.3 Å². The molecule has 2 nitrogen and oxygen atoms in total. The van der Waals surface area contributed by atoms with Crippen LogP contribution in [-0.4, -0.2) is 0 Å². The highest BCUT2D eigenvalue weighted by molar-refractivity contribution is 6.30. The van der Waals surface area contributed by atoms with Gasteiger partial charge in [0.05, 0.1) is 11.3 Å². The summed E-state index contributed by atoms with van der Waals surface area (Å²) < 4.78 is 0. The first-order valence-corrected chi connectivity index (χ1v) is 7.47. The van der Waals surface area contributed by atoms with Gasteiger partial charge in [-0.15, -0.1) is 0 Å². The summed E-state index contributed by atoms with van der Waals surface area (Å²) in [6.07, 6.45) is 1.10. The van der Waals surface area contributed by atoms with Gasteiger partial charge >= 0.3 is 0 Å². The molecule has 108 valence electrons. The van der Waals surface area contributed by atoms with Gasteiger partial charge in [0.15, 0.2) is 0 Å². The number of rotatable bonds is 5. The van der Waals surface area contributed by atoms with Crippen molar-refractivity contribution in [3.05, 3.63) is 64.2 Å². The normalized spacial score (nSPS) is 10.4. The van der Waals surface area contributed by atoms with Crippen molar-refractivity contribution in [3.8, 4) is 6.07 Å². The first kappa shape index (κ1) is 15.4. The van der Waals surface area contributed by atoms with Gasteiger partial charge < -0.3 is 5.32 Å². The molecule has 0 fully saturated rings. The molecule has 0 spiro atoms. The molecule has 2 rings (SSSR count). The Balaban J connectivity index is 2.03. The summed E-state index contributed by atoms with van der Waals surface area (Å²) >= 11 is 5.98. The molecule has 0 bridgehead atoms. The second-order valence-electron chi connectivity index (χ2n) is 5.57. The molecule has 0 aliphatic heterocycles. The van der Waals surface area contributed by atoms with E-state index in [0.29, 0.717) is 23.0 Å². The standard InChI is InChI=1S/C18H19ClN2/c1-13(2)9-14-3-5-15(6-4-14)12-21-18-10-17(19)8-7-16(18)11-20/h3-8,10,13,21H,9,12H2,1-2H3. The Morgan fingerprint density at radius 2 is 1.76 bits per heavy atom. The average molecular weight is 299 g/mol. The van der Waals surface area contributed by atoms with Crippen molar-refractivity contribution in [2.45, 2.75) is 26.8 Å². The third-order valence-electron chi connectivity index (χ3n) is 3.25. The smallest absolute Gasteiger partial charge is 0.101 e. The van der Waals surface area contributed by atoms with Crippen LogP contribution in [0, 0.1) is 17.2 Å². The zero-order chi connectivity index (χ0) is 15.2. The van der Waals surface area contributed by atoms with E-state index in [1.165, 1.54) is 11.1 Å². The van der Waals surface area contributed by atoms with Gasteiger partial charge in [0.1, 0.15) is 6.07 Å². The fourth-order valence-electron chi connectivity index (χ4n) is 2.22. The van der Waals surface area contributed by atoms with E-state index in [1.807, 2.05) is 0 Å². The summed E-state index contributed by atoms with van der Waals surface area (Å²) in [5, 5.41) is 13.0. The van der Waals surface area contributed by atoms with Crippen LogP contribution in [0.4, 0.5) is 5.69 Å². The summed E-state index contributed by atoms with van der Waals surface area (Å²) in [7, 11) is 0. The molecule has 1 N–H and O–H groups in total. The maximum Gasteiger partial charge on any atom is 0.101 e. The van der Waals surface area contributed by atoms with Gasteiger partial charge in [0.2, 0.25) is 0 Å². The fraction of sp³-hybridized carbons (Fsp3) is 0.278. The lowest BCUT2D eigenvalue weighted by molar-refractivity contribution is 0.647. The number of hydrogen-bond donors (Lipinski definition) is 1. The van der Waals surface area contributed by atoms with Crippen molar-refractivity contribution < 1.29 is 0 Å². The zero-order valence-electron chi connectivity index (χ0n) is 12.4. The van der Waals surface area contributed by atoms with Crippen molar-refractivity contribution in [1.29, 1.82) is 5.26 Å². The highest BCUT2D eigenvalue weighted by Gasteiger charge is 2.03. The van der Waals surface area contributed by atoms with E-state index in [-0.39, 0.29) is 0 Å². The first-order valence-electron chi connectivity index (χ1n) is 7.10. The quantitative estimate of drug-likeness (QED) is 0.841. The molecule has 0 saturated carbocycles. The number of anilines is 1. The van der Waals surface area contributed by atoms with Crippen molar-refractivity contribution in [1.82, 2.24) is 0 Å². The van der Waals surface area contributed by atoms with Crippen LogP contribution in [0.15, 0.2) is 42.5 Å². The second-order valence-corrected chi connectivity index (χ2v) is 6.01. The molecule has 0 heterocycles. The number of nitriles is 1. The molecule has 0 aliphatic carbocycles. The number of nitrogens with zero attached hydrogens (tertiary/aromatic N) is 1. The molecule has 0 unspecified atom stereocenters. The molecule has 2 aromatic carbocycles. The van der Waals surface area contributed by atoms with Crippen molar-refractivity contribution in [2.75, 3.05) is 5.32 Å². The molecule has 2 aromatic rings. The predicted octanol–water partition coefficient (Wildman–Crippen LogP) is 5.02. The first-order chi connectivity index (χ1) is 10.1. The lowest BCUT2D eigenvalue weighted by atomic mass is 10.0. The van der Waals surface area contributed by atoms with E-state index < -0.39 is 0 Å². The van der Waals surface area contributed by atoms with Gasteiger partial charge in [-0.3, -0.25) is 0 Å². The minimum Gasteiger partial charge on any atom is -0.380 e. The molecule has 0 radical (unpaired) electrons. The van der Waals surface area contributed by atoms with Crippen LogP contribution >= 0.6 is 11.6 Å². The Kier molecular flexibility index (Phi) is 5.25. The summed E-state index contributed by atoms with van der Waals surface area (Å²) in [6, 6.07) is 16.0. The highest BCUT2D eigenvalue weighted by Crippen LogP contribution is 2.21. The molecule has 0 atom stereocenters. The minimum atomic E-state index is 0.607. The lowest BCUT2D eigenvalue weighted by Crippen LogP contribution is -2.02. The Hall–Kier alpha value is -1.98. The van der Waals surface area contributed by atoms with Crippen LogP contribution in [0.5, 0.6) is 0 Å². The monoisotopic (exact) mass is 298 g/mol. The molecular formula is C18H19ClN2. The fourth-order valence-corrected chi connectivity index (χ4v) is 2.39. The van der Waals surface area contributed by atoms with Gasteiger partial charge in [-0.1, -0.05) is 49.7 Å². The van der Waals surface area contributed by atoms with Crippen LogP contribution in [0.1, 0.15) is 30.5 Å². The Bertz CT molecular complexity index is 639. The largest absolute Gasteiger partial charge is 0.380 e. The highest BCUT2D eigenvalue weighted by atomic mass is 35.5. The third kappa shape index (κ3) is 4.51. The van der Waals surface area contributed by atoms with Crippen LogP contribution < -0.4 is 5.32 Å². The van der Waals surface area contributed by atoms with E-state index in [0.717, 1.165) is 12.1 Å². The summed E-state index contributed by atoms with van der Waals surface area (Å²) in [6.45, 7) is 5.12. The zero-order valence-corrected chi connectivity index (χ0v) is 13.1. The summed E-state index contributed by atoms with van der Waals surface area (Å²) in [5.41, 5.74) is 3.92. The maximum atomic E-state index is 9.09. The van der Waals surface area contributed by atoms with E-state index in [2.05, 4.69) is 49.5 Å². The van der Waals surface area contributed by atoms with E-state index >= 15 is 0 Å². The molecule has 3 heteroatoms. The second kappa shape index (κ2) is 7.15. The van der Waals surface area contributed by atoms with Gasteiger partial charge in [0, 0.05) is 11.6 Å². The van der Waals surface area contributed by atoms with Gasteiger partial charge in [0.25, 0.3) is 0 Å². The number of hydrogen-bond acceptors (Lipinski definition) is 2. The number of halogens is 1. The minimum absolute atomic E-state index is 0.607. The van der Waals surface area contributed by atoms with Crippen LogP contribution in [0.3, 0.4) is 0 Å². The van der Waals surface area contributed by atoms with Gasteiger partial charge in [-0.25, -0.2) is 0 Å². The topological polar surface area (TPSA) is 35.8 Å². The van der Waals surface area contributed by atoms with E-state index in [4.69, 9.17) is 16.9 Å². The van der Waals surface area contributed by atoms with E-state index in [1.54, 1.807) is 18.2 Å². The summed E-state index contributed by atoms with van der Waals surface area (Å²) in [5.74, 6) is 0.665. The number of nitrogens with one attached hydrogen (secondary N) is 1. The lowest BCUT2D eigenvalue weighted by Gasteiger charge is -2.10. The molecular weight excluding hydrogens is 280 g/mol. The van der Waals surface area contributed by atoms with Crippen LogP contribution in [0.2, 0.25) is 5.02 Å². The molecule has 0 amide bonds. The Morgan fingerprint density at radius 3 is 2.38 bits per heavy atom. The third-order valence-corrected chi connectivity index (χ3v) is 3.49. The Morgan fingerprint density at radius 1 is 1.10 bits per heavy atom. The Labute approximate surface area is 131 Å². The molecule has 0 aromatic heterocycles. The van der Waals surface area contributed by atoms with Crippen LogP contribution in [-0.2, 0) is 13.0 Å². The predicted molar refractivity (Wildman–Crippen MR) is 88.5 cm³/mol. The van der Waals surface area contributed by atoms with E-state index in [9.17, 15) is 0 Å².